The van der Waals surface area contributed by atoms with Crippen LogP contribution < -0.4 is 10.6 Å². The van der Waals surface area contributed by atoms with Crippen LogP contribution >= 0.6 is 11.6 Å². The maximum atomic E-state index is 12.6. The molecule has 1 amide bonds. The van der Waals surface area contributed by atoms with Gasteiger partial charge in [0.05, 0.1) is 23.5 Å². The molecule has 0 aliphatic heterocycles. The first-order chi connectivity index (χ1) is 15.5. The SMILES string of the molecule is CCOC(Cn1cc(C(=O)Nc2ccc(NC(C)c3ccccc3)c(Cl)c2)nn1)OCC. The van der Waals surface area contributed by atoms with Gasteiger partial charge in [-0.1, -0.05) is 47.1 Å². The van der Waals surface area contributed by atoms with E-state index in [1.54, 1.807) is 18.3 Å². The number of ether oxygens (including phenoxy) is 2. The average Bonchev–Trinajstić information content (AvgIpc) is 3.25. The standard InChI is InChI=1S/C23H28ClN5O3/c1-4-31-22(32-5-2)15-29-14-21(27-28-29)23(30)26-18-11-12-20(19(24)13-18)25-16(3)17-9-7-6-8-10-17/h6-14,16,22,25H,4-5,15H2,1-3H3,(H,26,30). The summed E-state index contributed by atoms with van der Waals surface area (Å²) in [5.74, 6) is -0.380. The number of hydrogen-bond acceptors (Lipinski definition) is 6. The lowest BCUT2D eigenvalue weighted by Crippen LogP contribution is -2.24. The fraction of sp³-hybridized carbons (Fsp3) is 0.348. The highest BCUT2D eigenvalue weighted by molar-refractivity contribution is 6.33. The van der Waals surface area contributed by atoms with E-state index in [2.05, 4.69) is 40.0 Å². The van der Waals surface area contributed by atoms with E-state index in [9.17, 15) is 4.79 Å². The summed E-state index contributed by atoms with van der Waals surface area (Å²) in [4.78, 5) is 12.6. The van der Waals surface area contributed by atoms with E-state index in [1.165, 1.54) is 4.68 Å². The number of halogens is 1. The molecule has 9 heteroatoms. The summed E-state index contributed by atoms with van der Waals surface area (Å²) >= 11 is 6.44. The van der Waals surface area contributed by atoms with Crippen molar-refractivity contribution in [1.29, 1.82) is 0 Å². The third kappa shape index (κ3) is 6.53. The Morgan fingerprint density at radius 2 is 1.84 bits per heavy atom. The summed E-state index contributed by atoms with van der Waals surface area (Å²) in [6.45, 7) is 7.21. The number of benzene rings is 2. The Balaban J connectivity index is 1.61. The van der Waals surface area contributed by atoms with Crippen LogP contribution in [0.1, 0.15) is 42.9 Å². The Morgan fingerprint density at radius 3 is 2.50 bits per heavy atom. The predicted molar refractivity (Wildman–Crippen MR) is 125 cm³/mol. The van der Waals surface area contributed by atoms with Gasteiger partial charge in [-0.2, -0.15) is 0 Å². The smallest absolute Gasteiger partial charge is 0.277 e. The van der Waals surface area contributed by atoms with Crippen molar-refractivity contribution in [2.75, 3.05) is 23.8 Å². The maximum absolute atomic E-state index is 12.6. The zero-order chi connectivity index (χ0) is 22.9. The number of rotatable bonds is 11. The molecule has 1 heterocycles. The van der Waals surface area contributed by atoms with E-state index < -0.39 is 6.29 Å². The molecule has 3 aromatic rings. The zero-order valence-electron chi connectivity index (χ0n) is 18.4. The van der Waals surface area contributed by atoms with Gasteiger partial charge in [0.25, 0.3) is 5.91 Å². The molecular weight excluding hydrogens is 430 g/mol. The summed E-state index contributed by atoms with van der Waals surface area (Å²) in [5, 5.41) is 14.6. The van der Waals surface area contributed by atoms with Crippen LogP contribution in [0, 0.1) is 0 Å². The van der Waals surface area contributed by atoms with Gasteiger partial charge in [0.1, 0.15) is 0 Å². The third-order valence-corrected chi connectivity index (χ3v) is 5.02. The highest BCUT2D eigenvalue weighted by Crippen LogP contribution is 2.29. The molecule has 0 bridgehead atoms. The first kappa shape index (κ1) is 23.7. The Hall–Kier alpha value is -2.94. The largest absolute Gasteiger partial charge is 0.377 e. The summed E-state index contributed by atoms with van der Waals surface area (Å²) < 4.78 is 12.5. The van der Waals surface area contributed by atoms with E-state index in [0.29, 0.717) is 30.5 Å². The lowest BCUT2D eigenvalue weighted by atomic mass is 10.1. The molecule has 8 nitrogen and oxygen atoms in total. The summed E-state index contributed by atoms with van der Waals surface area (Å²) in [6, 6.07) is 15.5. The number of aromatic nitrogens is 3. The minimum Gasteiger partial charge on any atom is -0.377 e. The molecule has 1 atom stereocenters. The predicted octanol–water partition coefficient (Wildman–Crippen LogP) is 4.76. The molecule has 0 radical (unpaired) electrons. The minimum atomic E-state index is -0.445. The Kier molecular flexibility index (Phi) is 8.61. The van der Waals surface area contributed by atoms with Gasteiger partial charge in [-0.05, 0) is 44.5 Å². The van der Waals surface area contributed by atoms with Crippen molar-refractivity contribution in [3.8, 4) is 0 Å². The molecule has 2 N–H and O–H groups in total. The fourth-order valence-electron chi connectivity index (χ4n) is 3.13. The van der Waals surface area contributed by atoms with Gasteiger partial charge in [-0.25, -0.2) is 4.68 Å². The van der Waals surface area contributed by atoms with Crippen LogP contribution in [0.3, 0.4) is 0 Å². The van der Waals surface area contributed by atoms with E-state index >= 15 is 0 Å². The Labute approximate surface area is 192 Å². The number of hydrogen-bond donors (Lipinski definition) is 2. The number of amides is 1. The average molecular weight is 458 g/mol. The molecule has 2 aromatic carbocycles. The molecule has 0 aliphatic rings. The molecule has 1 aromatic heterocycles. The topological polar surface area (TPSA) is 90.3 Å². The summed E-state index contributed by atoms with van der Waals surface area (Å²) in [6.07, 6.45) is 1.11. The van der Waals surface area contributed by atoms with Crippen LogP contribution in [0.5, 0.6) is 0 Å². The van der Waals surface area contributed by atoms with Crippen molar-refractivity contribution in [2.24, 2.45) is 0 Å². The van der Waals surface area contributed by atoms with Crippen molar-refractivity contribution in [3.05, 3.63) is 71.0 Å². The number of carbonyl (C=O) groups excluding carboxylic acids is 1. The van der Waals surface area contributed by atoms with Gasteiger partial charge in [0, 0.05) is 24.9 Å². The van der Waals surface area contributed by atoms with Crippen molar-refractivity contribution in [1.82, 2.24) is 15.0 Å². The van der Waals surface area contributed by atoms with Crippen molar-refractivity contribution in [2.45, 2.75) is 39.6 Å². The normalized spacial score (nSPS) is 12.0. The number of nitrogens with zero attached hydrogens (tertiary/aromatic N) is 3. The van der Waals surface area contributed by atoms with Crippen molar-refractivity contribution >= 4 is 28.9 Å². The lowest BCUT2D eigenvalue weighted by molar-refractivity contribution is -0.145. The van der Waals surface area contributed by atoms with Gasteiger partial charge in [0.2, 0.25) is 0 Å². The second-order valence-electron chi connectivity index (χ2n) is 7.09. The molecule has 3 rings (SSSR count). The molecule has 0 fully saturated rings. The van der Waals surface area contributed by atoms with E-state index in [4.69, 9.17) is 21.1 Å². The van der Waals surface area contributed by atoms with Crippen molar-refractivity contribution < 1.29 is 14.3 Å². The van der Waals surface area contributed by atoms with Gasteiger partial charge in [-0.3, -0.25) is 4.79 Å². The van der Waals surface area contributed by atoms with E-state index in [0.717, 1.165) is 11.3 Å². The molecule has 0 saturated heterocycles. The molecular formula is C23H28ClN5O3. The number of anilines is 2. The maximum Gasteiger partial charge on any atom is 0.277 e. The van der Waals surface area contributed by atoms with Crippen LogP contribution in [0.15, 0.2) is 54.7 Å². The van der Waals surface area contributed by atoms with Gasteiger partial charge >= 0.3 is 0 Å². The molecule has 0 spiro atoms. The van der Waals surface area contributed by atoms with Crippen LogP contribution in [-0.4, -0.2) is 40.4 Å². The molecule has 0 aliphatic carbocycles. The van der Waals surface area contributed by atoms with Gasteiger partial charge in [0.15, 0.2) is 12.0 Å². The first-order valence-corrected chi connectivity index (χ1v) is 10.9. The number of nitrogens with one attached hydrogen (secondary N) is 2. The van der Waals surface area contributed by atoms with E-state index in [-0.39, 0.29) is 17.6 Å². The highest BCUT2D eigenvalue weighted by atomic mass is 35.5. The van der Waals surface area contributed by atoms with Gasteiger partial charge in [-0.15, -0.1) is 5.10 Å². The zero-order valence-corrected chi connectivity index (χ0v) is 19.2. The third-order valence-electron chi connectivity index (χ3n) is 4.71. The highest BCUT2D eigenvalue weighted by Gasteiger charge is 2.15. The molecule has 1 unspecified atom stereocenters. The van der Waals surface area contributed by atoms with Crippen LogP contribution in [0.2, 0.25) is 5.02 Å². The summed E-state index contributed by atoms with van der Waals surface area (Å²) in [5.41, 5.74) is 2.69. The Bertz CT molecular complexity index is 1010. The molecule has 32 heavy (non-hydrogen) atoms. The molecule has 170 valence electrons. The monoisotopic (exact) mass is 457 g/mol. The fourth-order valence-corrected chi connectivity index (χ4v) is 3.37. The quantitative estimate of drug-likeness (QED) is 0.403. The van der Waals surface area contributed by atoms with Crippen LogP contribution in [0.25, 0.3) is 0 Å². The Morgan fingerprint density at radius 1 is 1.12 bits per heavy atom. The second-order valence-corrected chi connectivity index (χ2v) is 7.50. The van der Waals surface area contributed by atoms with E-state index in [1.807, 2.05) is 38.1 Å². The molecule has 0 saturated carbocycles. The van der Waals surface area contributed by atoms with Crippen molar-refractivity contribution in [3.63, 3.8) is 0 Å². The minimum absolute atomic E-state index is 0.0846. The van der Waals surface area contributed by atoms with Crippen LogP contribution in [0.4, 0.5) is 11.4 Å². The lowest BCUT2D eigenvalue weighted by Gasteiger charge is -2.17. The summed E-state index contributed by atoms with van der Waals surface area (Å²) in [7, 11) is 0. The number of carbonyl (C=O) groups is 1. The van der Waals surface area contributed by atoms with Gasteiger partial charge < -0.3 is 20.1 Å². The first-order valence-electron chi connectivity index (χ1n) is 10.6. The second kappa shape index (κ2) is 11.6. The van der Waals surface area contributed by atoms with Crippen LogP contribution in [-0.2, 0) is 16.0 Å².